The molecule has 0 aliphatic rings. The van der Waals surface area contributed by atoms with Gasteiger partial charge >= 0.3 is 0 Å². The lowest BCUT2D eigenvalue weighted by Crippen LogP contribution is -2.14. The average Bonchev–Trinajstić information content (AvgIpc) is 3.06. The lowest BCUT2D eigenvalue weighted by Gasteiger charge is -2.17. The summed E-state index contributed by atoms with van der Waals surface area (Å²) in [5.41, 5.74) is 7.91. The summed E-state index contributed by atoms with van der Waals surface area (Å²) >= 11 is 0. The minimum absolute atomic E-state index is 0.0827. The van der Waals surface area contributed by atoms with Gasteiger partial charge in [0.2, 0.25) is 0 Å². The third-order valence-corrected chi connectivity index (χ3v) is 5.38. The Bertz CT molecular complexity index is 1030. The van der Waals surface area contributed by atoms with E-state index in [0.717, 1.165) is 41.6 Å². The molecule has 3 aromatic rings. The van der Waals surface area contributed by atoms with E-state index >= 15 is 0 Å². The first-order valence-corrected chi connectivity index (χ1v) is 9.89. The lowest BCUT2D eigenvalue weighted by atomic mass is 9.88. The molecule has 0 aliphatic carbocycles. The van der Waals surface area contributed by atoms with Crippen LogP contribution in [0.4, 0.5) is 0 Å². The molecule has 1 unspecified atom stereocenters. The van der Waals surface area contributed by atoms with Crippen molar-refractivity contribution in [3.8, 4) is 0 Å². The largest absolute Gasteiger partial charge is 0.358 e. The van der Waals surface area contributed by atoms with Gasteiger partial charge in [0.25, 0.3) is 5.91 Å². The van der Waals surface area contributed by atoms with Crippen molar-refractivity contribution < 1.29 is 10.0 Å². The van der Waals surface area contributed by atoms with Gasteiger partial charge < -0.3 is 10.4 Å². The number of rotatable bonds is 8. The first-order chi connectivity index (χ1) is 14.0. The van der Waals surface area contributed by atoms with E-state index in [-0.39, 0.29) is 5.92 Å². The third kappa shape index (κ3) is 4.81. The van der Waals surface area contributed by atoms with Crippen LogP contribution in [0.25, 0.3) is 17.0 Å². The van der Waals surface area contributed by atoms with Crippen molar-refractivity contribution in [2.75, 3.05) is 0 Å². The van der Waals surface area contributed by atoms with Gasteiger partial charge in [-0.15, -0.1) is 0 Å². The Morgan fingerprint density at radius 1 is 1.21 bits per heavy atom. The first kappa shape index (κ1) is 20.6. The van der Waals surface area contributed by atoms with Crippen LogP contribution in [0.15, 0.2) is 54.6 Å². The Morgan fingerprint density at radius 3 is 2.62 bits per heavy atom. The van der Waals surface area contributed by atoms with Gasteiger partial charge in [-0.2, -0.15) is 0 Å². The molecule has 1 atom stereocenters. The Morgan fingerprint density at radius 2 is 1.93 bits per heavy atom. The molecule has 1 aromatic heterocycles. The Labute approximate surface area is 170 Å². The van der Waals surface area contributed by atoms with E-state index in [9.17, 15) is 4.79 Å². The average molecular weight is 389 g/mol. The van der Waals surface area contributed by atoms with Gasteiger partial charge in [0.05, 0.1) is 0 Å². The predicted octanol–water partition coefficient (Wildman–Crippen LogP) is 5.14. The minimum Gasteiger partial charge on any atom is -0.358 e. The molecule has 0 bridgehead atoms. The van der Waals surface area contributed by atoms with Crippen LogP contribution in [-0.4, -0.2) is 21.8 Å². The molecule has 2 aromatic carbocycles. The highest BCUT2D eigenvalue weighted by Gasteiger charge is 2.16. The summed E-state index contributed by atoms with van der Waals surface area (Å²) in [5.74, 6) is -0.478. The second-order valence-electron chi connectivity index (χ2n) is 7.24. The smallest absolute Gasteiger partial charge is 0.267 e. The highest BCUT2D eigenvalue weighted by Crippen LogP contribution is 2.27. The number of amides is 1. The van der Waals surface area contributed by atoms with Gasteiger partial charge in [0.1, 0.15) is 0 Å². The van der Waals surface area contributed by atoms with Gasteiger partial charge in [-0.1, -0.05) is 49.4 Å². The second-order valence-corrected chi connectivity index (χ2v) is 7.24. The van der Waals surface area contributed by atoms with E-state index in [4.69, 9.17) is 10.6 Å². The molecule has 0 aliphatic heterocycles. The number of carbonyl (C=O) groups excluding carboxylic acids is 1. The van der Waals surface area contributed by atoms with Crippen molar-refractivity contribution in [2.24, 2.45) is 0 Å². The van der Waals surface area contributed by atoms with E-state index < -0.39 is 5.91 Å². The van der Waals surface area contributed by atoms with Gasteiger partial charge in [-0.25, -0.2) is 5.48 Å². The van der Waals surface area contributed by atoms with E-state index in [2.05, 4.69) is 37.0 Å². The van der Waals surface area contributed by atoms with Crippen molar-refractivity contribution in [3.05, 3.63) is 77.0 Å². The molecular formula is C24H27N3O2. The molecule has 0 fully saturated rings. The number of hydrogen-bond donors (Lipinski definition) is 4. The molecule has 1 heterocycles. The molecule has 150 valence electrons. The molecule has 0 saturated heterocycles. The number of H-pyrrole nitrogens is 1. The van der Waals surface area contributed by atoms with Crippen LogP contribution in [0, 0.1) is 12.3 Å². The number of fused-ring (bicyclic) bond motifs is 1. The number of aromatic amines is 1. The van der Waals surface area contributed by atoms with Crippen LogP contribution < -0.4 is 5.48 Å². The molecular weight excluding hydrogens is 362 g/mol. The maximum absolute atomic E-state index is 11.1. The summed E-state index contributed by atoms with van der Waals surface area (Å²) in [7, 11) is 0. The van der Waals surface area contributed by atoms with E-state index in [1.807, 2.05) is 30.3 Å². The molecule has 0 radical (unpaired) electrons. The zero-order valence-corrected chi connectivity index (χ0v) is 16.8. The Kier molecular flexibility index (Phi) is 6.62. The van der Waals surface area contributed by atoms with Crippen LogP contribution in [0.1, 0.15) is 48.1 Å². The summed E-state index contributed by atoms with van der Waals surface area (Å²) in [6.07, 6.45) is 5.36. The fourth-order valence-corrected chi connectivity index (χ4v) is 3.82. The second kappa shape index (κ2) is 9.34. The summed E-state index contributed by atoms with van der Waals surface area (Å²) in [6.45, 7) is 4.20. The predicted molar refractivity (Wildman–Crippen MR) is 118 cm³/mol. The lowest BCUT2D eigenvalue weighted by molar-refractivity contribution is -0.124. The first-order valence-electron chi connectivity index (χ1n) is 9.89. The zero-order chi connectivity index (χ0) is 20.8. The van der Waals surface area contributed by atoms with Crippen LogP contribution in [0.2, 0.25) is 0 Å². The highest BCUT2D eigenvalue weighted by atomic mass is 16.5. The van der Waals surface area contributed by atoms with Crippen molar-refractivity contribution >= 4 is 28.6 Å². The zero-order valence-electron chi connectivity index (χ0n) is 16.8. The monoisotopic (exact) mass is 389 g/mol. The number of benzene rings is 2. The van der Waals surface area contributed by atoms with Crippen LogP contribution in [0.3, 0.4) is 0 Å². The number of para-hydroxylation sites is 1. The summed E-state index contributed by atoms with van der Waals surface area (Å²) < 4.78 is 0. The van der Waals surface area contributed by atoms with Gasteiger partial charge in [0, 0.05) is 34.3 Å². The third-order valence-electron chi connectivity index (χ3n) is 5.38. The van der Waals surface area contributed by atoms with Gasteiger partial charge in [-0.3, -0.25) is 10.0 Å². The minimum atomic E-state index is -0.560. The van der Waals surface area contributed by atoms with Crippen molar-refractivity contribution in [1.29, 1.82) is 5.41 Å². The van der Waals surface area contributed by atoms with Crippen molar-refractivity contribution in [2.45, 2.75) is 39.0 Å². The van der Waals surface area contributed by atoms with Crippen LogP contribution in [0.5, 0.6) is 0 Å². The molecule has 3 rings (SSSR count). The number of nitrogens with one attached hydrogen (secondary N) is 3. The SMILES string of the molecule is CCC(C(=N)CCc1c(C)[nH]c2ccccc12)c1ccc(/C=C/C(=O)NO)cc1. The fraction of sp³-hybridized carbons (Fsp3) is 0.250. The van der Waals surface area contributed by atoms with Crippen LogP contribution in [-0.2, 0) is 11.2 Å². The van der Waals surface area contributed by atoms with Crippen LogP contribution >= 0.6 is 0 Å². The van der Waals surface area contributed by atoms with E-state index in [0.29, 0.717) is 0 Å². The van der Waals surface area contributed by atoms with Gasteiger partial charge in [-0.05, 0) is 55.0 Å². The topological polar surface area (TPSA) is 89.0 Å². The normalized spacial score (nSPS) is 12.4. The summed E-state index contributed by atoms with van der Waals surface area (Å²) in [5, 5.41) is 18.5. The summed E-state index contributed by atoms with van der Waals surface area (Å²) in [6, 6.07) is 16.2. The molecule has 4 N–H and O–H groups in total. The van der Waals surface area contributed by atoms with E-state index in [1.165, 1.54) is 22.7 Å². The molecule has 1 amide bonds. The standard InChI is InChI=1S/C24H27N3O2/c1-3-19(18-11-8-17(9-12-18)10-15-24(28)27-29)22(25)14-13-20-16(2)26-23-7-5-4-6-21(20)23/h4-12,15,19,25-26,29H,3,13-14H2,1-2H3,(H,27,28)/b15-10+,25-22?. The molecule has 5 heteroatoms. The van der Waals surface area contributed by atoms with Crippen molar-refractivity contribution in [3.63, 3.8) is 0 Å². The summed E-state index contributed by atoms with van der Waals surface area (Å²) in [4.78, 5) is 14.5. The number of aryl methyl sites for hydroxylation is 2. The molecule has 0 spiro atoms. The van der Waals surface area contributed by atoms with E-state index in [1.54, 1.807) is 11.6 Å². The van der Waals surface area contributed by atoms with Gasteiger partial charge in [0.15, 0.2) is 0 Å². The number of carbonyl (C=O) groups is 1. The Balaban J connectivity index is 1.69. The molecule has 5 nitrogen and oxygen atoms in total. The number of hydrogen-bond acceptors (Lipinski definition) is 3. The highest BCUT2D eigenvalue weighted by molar-refractivity contribution is 5.91. The Hall–Kier alpha value is -3.18. The molecule has 29 heavy (non-hydrogen) atoms. The molecule has 0 saturated carbocycles. The quantitative estimate of drug-likeness (QED) is 0.186. The fourth-order valence-electron chi connectivity index (χ4n) is 3.82. The maximum Gasteiger partial charge on any atom is 0.267 e. The number of aromatic nitrogens is 1. The number of hydroxylamine groups is 1. The maximum atomic E-state index is 11.1. The van der Waals surface area contributed by atoms with Crippen molar-refractivity contribution in [1.82, 2.24) is 10.5 Å².